The summed E-state index contributed by atoms with van der Waals surface area (Å²) in [6, 6.07) is 6.86. The first kappa shape index (κ1) is 45.6. The van der Waals surface area contributed by atoms with Gasteiger partial charge in [-0.2, -0.15) is 0 Å². The largest absolute Gasteiger partial charge is 0.480 e. The number of rotatable bonds is 15. The molecular weight excluding hydrogens is 833 g/mol. The van der Waals surface area contributed by atoms with Crippen LogP contribution in [0.5, 0.6) is 5.75 Å². The van der Waals surface area contributed by atoms with Gasteiger partial charge in [0.25, 0.3) is 5.56 Å². The number of cyclic esters (lactones) is 1. The third-order valence-electron chi connectivity index (χ3n) is 13.2. The fourth-order valence-electron chi connectivity index (χ4n) is 9.16. The lowest BCUT2D eigenvalue weighted by atomic mass is 9.78. The fraction of sp³-hybridized carbons (Fsp3) is 0.533. The van der Waals surface area contributed by atoms with E-state index in [0.717, 1.165) is 16.5 Å². The number of benzene rings is 1. The van der Waals surface area contributed by atoms with E-state index in [1.54, 1.807) is 45.6 Å². The van der Waals surface area contributed by atoms with Gasteiger partial charge in [0.2, 0.25) is 17.7 Å². The number of hydrogen-bond acceptors (Lipinski definition) is 12. The SMILES string of the molecule is CCc1c2c(nc3ccc(OC(=O)N4CCN(C(=O)CCCCNC(=O)CCCCC(=O)N5CCC(C(=O)O)(C(=O)O)CC5)CC4)cc13)-c1cc3c(c(=O)n1C2)COC(=O)[C@]3(O)CC. The third kappa shape index (κ3) is 8.76. The van der Waals surface area contributed by atoms with Crippen molar-refractivity contribution in [3.8, 4) is 17.1 Å². The van der Waals surface area contributed by atoms with Gasteiger partial charge in [-0.15, -0.1) is 0 Å². The van der Waals surface area contributed by atoms with E-state index in [4.69, 9.17) is 14.5 Å². The Kier molecular flexibility index (Phi) is 13.4. The number of aliphatic hydroxyl groups is 1. The summed E-state index contributed by atoms with van der Waals surface area (Å²) >= 11 is 0. The summed E-state index contributed by atoms with van der Waals surface area (Å²) in [5.41, 5.74) is -0.123. The minimum Gasteiger partial charge on any atom is -0.480 e. The smallest absolute Gasteiger partial charge is 0.415 e. The van der Waals surface area contributed by atoms with E-state index in [1.807, 2.05) is 6.92 Å². The molecule has 2 aromatic heterocycles. The number of aliphatic carboxylic acids is 2. The molecule has 7 rings (SSSR count). The van der Waals surface area contributed by atoms with E-state index < -0.39 is 35.0 Å². The van der Waals surface area contributed by atoms with Crippen LogP contribution in [0.3, 0.4) is 0 Å². The molecule has 4 amide bonds. The topological polar surface area (TPSA) is 255 Å². The lowest BCUT2D eigenvalue weighted by Gasteiger charge is -2.36. The molecule has 19 nitrogen and oxygen atoms in total. The second kappa shape index (κ2) is 18.8. The summed E-state index contributed by atoms with van der Waals surface area (Å²) in [5, 5.41) is 33.5. The molecule has 0 spiro atoms. The molecule has 0 aliphatic carbocycles. The molecule has 1 atom stereocenters. The van der Waals surface area contributed by atoms with Gasteiger partial charge in [0.15, 0.2) is 11.0 Å². The van der Waals surface area contributed by atoms with Gasteiger partial charge in [-0.05, 0) is 81.2 Å². The number of hydrogen-bond donors (Lipinski definition) is 4. The summed E-state index contributed by atoms with van der Waals surface area (Å²) in [7, 11) is 0. The molecule has 342 valence electrons. The lowest BCUT2D eigenvalue weighted by molar-refractivity contribution is -0.172. The number of aromatic nitrogens is 2. The second-order valence-corrected chi connectivity index (χ2v) is 16.9. The minimum absolute atomic E-state index is 0.0385. The van der Waals surface area contributed by atoms with Crippen LogP contribution in [0.15, 0.2) is 29.1 Å². The number of carboxylic acids is 2. The average Bonchev–Trinajstić information content (AvgIpc) is 3.66. The predicted octanol–water partition coefficient (Wildman–Crippen LogP) is 2.91. The number of carbonyl (C=O) groups excluding carboxylic acids is 5. The van der Waals surface area contributed by atoms with E-state index in [9.17, 15) is 53.7 Å². The number of piperazine rings is 1. The van der Waals surface area contributed by atoms with E-state index in [0.29, 0.717) is 93.9 Å². The van der Waals surface area contributed by atoms with Crippen molar-refractivity contribution in [2.45, 2.75) is 103 Å². The molecule has 4 aliphatic heterocycles. The van der Waals surface area contributed by atoms with Crippen LogP contribution in [0.2, 0.25) is 0 Å². The Morgan fingerprint density at radius 2 is 1.44 bits per heavy atom. The number of nitrogens with zero attached hydrogens (tertiary/aromatic N) is 5. The Labute approximate surface area is 368 Å². The van der Waals surface area contributed by atoms with Crippen molar-refractivity contribution < 1.29 is 58.4 Å². The summed E-state index contributed by atoms with van der Waals surface area (Å²) in [5.74, 6) is -3.63. The van der Waals surface area contributed by atoms with Gasteiger partial charge < -0.3 is 49.4 Å². The van der Waals surface area contributed by atoms with Gasteiger partial charge in [-0.1, -0.05) is 13.8 Å². The van der Waals surface area contributed by atoms with Crippen LogP contribution in [0.25, 0.3) is 22.3 Å². The van der Waals surface area contributed by atoms with E-state index >= 15 is 0 Å². The fourth-order valence-corrected chi connectivity index (χ4v) is 9.16. The van der Waals surface area contributed by atoms with E-state index in [1.165, 1.54) is 4.90 Å². The maximum Gasteiger partial charge on any atom is 0.415 e. The molecule has 2 fully saturated rings. The van der Waals surface area contributed by atoms with Crippen molar-refractivity contribution in [3.05, 3.63) is 56.9 Å². The molecule has 19 heteroatoms. The number of carboxylic acid groups (broad SMARTS) is 2. The Morgan fingerprint density at radius 3 is 2.08 bits per heavy atom. The van der Waals surface area contributed by atoms with Crippen LogP contribution in [-0.2, 0) is 58.7 Å². The quantitative estimate of drug-likeness (QED) is 0.0761. The minimum atomic E-state index is -1.93. The standard InChI is InChI=1S/C45H54N6O13/c1-3-28-29-23-27(12-13-33(29)47-38-30(28)25-51-34(38)24-32-31(39(51)55)26-63-42(60)45(32,62)4-2)64-43(61)50-21-19-49(20-22-50)37(54)11-7-8-16-46-35(52)9-5-6-10-36(53)48-17-14-44(15-18-48,40(56)57)41(58)59/h12-13,23-24,62H,3-11,14-22,25-26H2,1-2H3,(H,46,52)(H,56,57)(H,58,59)/t45-/m0/s1. The van der Waals surface area contributed by atoms with Gasteiger partial charge in [0.05, 0.1) is 29.0 Å². The van der Waals surface area contributed by atoms with Crippen molar-refractivity contribution >= 4 is 52.6 Å². The van der Waals surface area contributed by atoms with Crippen molar-refractivity contribution in [2.24, 2.45) is 5.41 Å². The number of esters is 1. The normalized spacial score (nSPS) is 18.7. The number of nitrogens with one attached hydrogen (secondary N) is 1. The molecule has 4 aliphatic rings. The molecule has 6 heterocycles. The van der Waals surface area contributed by atoms with Crippen molar-refractivity contribution in [1.29, 1.82) is 0 Å². The van der Waals surface area contributed by atoms with E-state index in [2.05, 4.69) is 5.32 Å². The highest BCUT2D eigenvalue weighted by molar-refractivity contribution is 5.98. The molecule has 1 aromatic carbocycles. The summed E-state index contributed by atoms with van der Waals surface area (Å²) in [4.78, 5) is 110. The summed E-state index contributed by atoms with van der Waals surface area (Å²) < 4.78 is 12.6. The van der Waals surface area contributed by atoms with Crippen LogP contribution in [-0.4, -0.2) is 127 Å². The number of aryl methyl sites for hydroxylation is 1. The number of piperidine rings is 1. The van der Waals surface area contributed by atoms with Crippen LogP contribution in [0, 0.1) is 5.41 Å². The molecule has 0 radical (unpaired) electrons. The van der Waals surface area contributed by atoms with Gasteiger partial charge in [0, 0.05) is 81.6 Å². The van der Waals surface area contributed by atoms with Gasteiger partial charge in [-0.25, -0.2) is 14.6 Å². The molecule has 4 N–H and O–H groups in total. The number of carbonyl (C=O) groups is 7. The van der Waals surface area contributed by atoms with Gasteiger partial charge in [0.1, 0.15) is 12.4 Å². The van der Waals surface area contributed by atoms with Gasteiger partial charge in [-0.3, -0.25) is 28.8 Å². The average molecular weight is 887 g/mol. The molecule has 3 aromatic rings. The Bertz CT molecular complexity index is 2430. The maximum absolute atomic E-state index is 13.7. The van der Waals surface area contributed by atoms with Crippen molar-refractivity contribution in [3.63, 3.8) is 0 Å². The number of amides is 4. The number of likely N-dealkylation sites (tertiary alicyclic amines) is 1. The third-order valence-corrected chi connectivity index (χ3v) is 13.2. The van der Waals surface area contributed by atoms with Crippen LogP contribution < -0.4 is 15.6 Å². The second-order valence-electron chi connectivity index (χ2n) is 16.9. The summed E-state index contributed by atoms with van der Waals surface area (Å²) in [6.07, 6.45) is 2.63. The predicted molar refractivity (Wildman–Crippen MR) is 227 cm³/mol. The molecule has 0 bridgehead atoms. The van der Waals surface area contributed by atoms with E-state index in [-0.39, 0.29) is 92.8 Å². The molecule has 0 saturated carbocycles. The lowest BCUT2D eigenvalue weighted by Crippen LogP contribution is -2.51. The number of pyridine rings is 2. The Balaban J connectivity index is 0.822. The molecular formula is C45H54N6O13. The summed E-state index contributed by atoms with van der Waals surface area (Å²) in [6.45, 7) is 5.50. The monoisotopic (exact) mass is 886 g/mol. The Morgan fingerprint density at radius 1 is 0.812 bits per heavy atom. The first-order chi connectivity index (χ1) is 30.6. The van der Waals surface area contributed by atoms with Gasteiger partial charge >= 0.3 is 24.0 Å². The van der Waals surface area contributed by atoms with Crippen LogP contribution in [0.1, 0.15) is 100 Å². The first-order valence-electron chi connectivity index (χ1n) is 22.0. The first-order valence-corrected chi connectivity index (χ1v) is 22.0. The van der Waals surface area contributed by atoms with Crippen LogP contribution >= 0.6 is 0 Å². The molecule has 0 unspecified atom stereocenters. The van der Waals surface area contributed by atoms with Crippen molar-refractivity contribution in [1.82, 2.24) is 29.6 Å². The molecule has 64 heavy (non-hydrogen) atoms. The number of fused-ring (bicyclic) bond motifs is 5. The zero-order chi connectivity index (χ0) is 45.9. The number of unbranched alkanes of at least 4 members (excludes halogenated alkanes) is 2. The van der Waals surface area contributed by atoms with Crippen LogP contribution in [0.4, 0.5) is 4.79 Å². The maximum atomic E-state index is 13.7. The highest BCUT2D eigenvalue weighted by atomic mass is 16.6. The highest BCUT2D eigenvalue weighted by Crippen LogP contribution is 2.41. The van der Waals surface area contributed by atoms with Crippen molar-refractivity contribution in [2.75, 3.05) is 45.8 Å². The zero-order valence-corrected chi connectivity index (χ0v) is 36.1. The Hall–Kier alpha value is -6.37. The zero-order valence-electron chi connectivity index (χ0n) is 36.1. The number of ether oxygens (including phenoxy) is 2. The highest BCUT2D eigenvalue weighted by Gasteiger charge is 2.49. The molecule has 2 saturated heterocycles.